The van der Waals surface area contributed by atoms with Gasteiger partial charge >= 0.3 is 0 Å². The van der Waals surface area contributed by atoms with Crippen LogP contribution in [0.1, 0.15) is 58.8 Å². The normalized spacial score (nSPS) is 19.3. The van der Waals surface area contributed by atoms with Gasteiger partial charge in [-0.25, -0.2) is 4.39 Å². The summed E-state index contributed by atoms with van der Waals surface area (Å²) in [5.74, 6) is -0.654. The average Bonchev–Trinajstić information content (AvgIpc) is 2.92. The summed E-state index contributed by atoms with van der Waals surface area (Å²) in [6, 6.07) is 24.4. The lowest BCUT2D eigenvalue weighted by Gasteiger charge is -2.43. The van der Waals surface area contributed by atoms with Gasteiger partial charge in [0.15, 0.2) is 0 Å². The van der Waals surface area contributed by atoms with Crippen molar-refractivity contribution in [3.05, 3.63) is 107 Å². The second kappa shape index (κ2) is 10.9. The second-order valence-electron chi connectivity index (χ2n) is 10.4. The van der Waals surface area contributed by atoms with Gasteiger partial charge in [0.2, 0.25) is 5.91 Å². The maximum absolute atomic E-state index is 13.5. The molecular weight excluding hydrogens is 465 g/mol. The molecule has 1 fully saturated rings. The Morgan fingerprint density at radius 1 is 0.892 bits per heavy atom. The first-order chi connectivity index (χ1) is 17.9. The Labute approximate surface area is 218 Å². The molecular formula is C31H34FN3O2. The molecule has 6 heteroatoms. The van der Waals surface area contributed by atoms with E-state index in [1.165, 1.54) is 28.8 Å². The van der Waals surface area contributed by atoms with Crippen LogP contribution in [0.15, 0.2) is 78.9 Å². The van der Waals surface area contributed by atoms with Crippen molar-refractivity contribution in [1.29, 1.82) is 0 Å². The molecule has 3 aromatic carbocycles. The molecule has 0 bridgehead atoms. The van der Waals surface area contributed by atoms with Crippen LogP contribution in [0, 0.1) is 5.82 Å². The molecule has 0 radical (unpaired) electrons. The standard InChI is InChI=1S/C31H34FN3O2/c32-26-12-10-24(11-13-26)30(37)35-19-14-23-6-4-5-9-27(23)28(35)15-18-34-20-16-31(17-21-34,22-29(33)36)25-7-2-1-3-8-25/h1-13,28H,14-22H2,(H2,33,36). The van der Waals surface area contributed by atoms with Crippen molar-refractivity contribution in [1.82, 2.24) is 9.80 Å². The number of piperidine rings is 1. The summed E-state index contributed by atoms with van der Waals surface area (Å²) in [7, 11) is 0. The quantitative estimate of drug-likeness (QED) is 0.505. The number of hydrogen-bond acceptors (Lipinski definition) is 3. The zero-order chi connectivity index (χ0) is 25.8. The third kappa shape index (κ3) is 5.44. The number of likely N-dealkylation sites (tertiary alicyclic amines) is 1. The van der Waals surface area contributed by atoms with E-state index in [0.717, 1.165) is 45.3 Å². The van der Waals surface area contributed by atoms with Gasteiger partial charge in [0, 0.05) is 30.5 Å². The highest BCUT2D eigenvalue weighted by atomic mass is 19.1. The van der Waals surface area contributed by atoms with Crippen LogP contribution in [0.3, 0.4) is 0 Å². The Morgan fingerprint density at radius 2 is 1.57 bits per heavy atom. The minimum Gasteiger partial charge on any atom is -0.370 e. The van der Waals surface area contributed by atoms with Crippen LogP contribution in [0.2, 0.25) is 0 Å². The van der Waals surface area contributed by atoms with Crippen LogP contribution in [-0.4, -0.2) is 47.8 Å². The van der Waals surface area contributed by atoms with Crippen LogP contribution < -0.4 is 5.73 Å². The van der Waals surface area contributed by atoms with Crippen LogP contribution in [0.5, 0.6) is 0 Å². The summed E-state index contributed by atoms with van der Waals surface area (Å²) in [5.41, 5.74) is 9.65. The lowest BCUT2D eigenvalue weighted by Crippen LogP contribution is -2.46. The van der Waals surface area contributed by atoms with Gasteiger partial charge in [-0.15, -0.1) is 0 Å². The fourth-order valence-electron chi connectivity index (χ4n) is 6.17. The number of halogens is 1. The highest BCUT2D eigenvalue weighted by molar-refractivity contribution is 5.94. The van der Waals surface area contributed by atoms with Crippen molar-refractivity contribution in [3.8, 4) is 0 Å². The summed E-state index contributed by atoms with van der Waals surface area (Å²) in [6.07, 6.45) is 3.74. The first-order valence-corrected chi connectivity index (χ1v) is 13.2. The molecule has 0 aliphatic carbocycles. The number of carbonyl (C=O) groups is 2. The summed E-state index contributed by atoms with van der Waals surface area (Å²) in [4.78, 5) is 29.8. The number of fused-ring (bicyclic) bond motifs is 1. The molecule has 1 atom stereocenters. The van der Waals surface area contributed by atoms with E-state index in [4.69, 9.17) is 5.73 Å². The molecule has 0 spiro atoms. The molecule has 2 aliphatic rings. The van der Waals surface area contributed by atoms with Crippen molar-refractivity contribution < 1.29 is 14.0 Å². The molecule has 192 valence electrons. The van der Waals surface area contributed by atoms with Crippen molar-refractivity contribution >= 4 is 11.8 Å². The largest absolute Gasteiger partial charge is 0.370 e. The Bertz CT molecular complexity index is 1240. The molecule has 5 nitrogen and oxygen atoms in total. The topological polar surface area (TPSA) is 66.6 Å². The first kappa shape index (κ1) is 25.2. The zero-order valence-corrected chi connectivity index (χ0v) is 21.1. The van der Waals surface area contributed by atoms with E-state index in [1.807, 2.05) is 29.2 Å². The predicted molar refractivity (Wildman–Crippen MR) is 143 cm³/mol. The number of benzene rings is 3. The maximum Gasteiger partial charge on any atom is 0.254 e. The summed E-state index contributed by atoms with van der Waals surface area (Å²) in [5, 5.41) is 0. The van der Waals surface area contributed by atoms with Gasteiger partial charge in [-0.05, 0) is 79.7 Å². The molecule has 2 heterocycles. The molecule has 2 amide bonds. The molecule has 1 saturated heterocycles. The van der Waals surface area contributed by atoms with Crippen molar-refractivity contribution in [2.75, 3.05) is 26.2 Å². The molecule has 3 aromatic rings. The van der Waals surface area contributed by atoms with Crippen LogP contribution in [-0.2, 0) is 16.6 Å². The van der Waals surface area contributed by atoms with Crippen molar-refractivity contribution in [3.63, 3.8) is 0 Å². The van der Waals surface area contributed by atoms with Gasteiger partial charge < -0.3 is 15.5 Å². The van der Waals surface area contributed by atoms with Crippen LogP contribution in [0.4, 0.5) is 4.39 Å². The van der Waals surface area contributed by atoms with Crippen molar-refractivity contribution in [2.45, 2.75) is 43.6 Å². The number of primary amides is 1. The fraction of sp³-hybridized carbons (Fsp3) is 0.355. The van der Waals surface area contributed by atoms with Crippen molar-refractivity contribution in [2.24, 2.45) is 5.73 Å². The average molecular weight is 500 g/mol. The molecule has 37 heavy (non-hydrogen) atoms. The maximum atomic E-state index is 13.5. The van der Waals surface area contributed by atoms with Gasteiger partial charge in [-0.1, -0.05) is 54.6 Å². The smallest absolute Gasteiger partial charge is 0.254 e. The zero-order valence-electron chi connectivity index (χ0n) is 21.1. The Balaban J connectivity index is 1.31. The lowest BCUT2D eigenvalue weighted by molar-refractivity contribution is -0.119. The third-order valence-electron chi connectivity index (χ3n) is 8.20. The van der Waals surface area contributed by atoms with E-state index in [0.29, 0.717) is 18.5 Å². The van der Waals surface area contributed by atoms with Gasteiger partial charge in [0.25, 0.3) is 5.91 Å². The highest BCUT2D eigenvalue weighted by Crippen LogP contribution is 2.39. The monoisotopic (exact) mass is 499 g/mol. The Kier molecular flexibility index (Phi) is 7.38. The molecule has 0 saturated carbocycles. The van der Waals surface area contributed by atoms with E-state index in [1.54, 1.807) is 12.1 Å². The minimum absolute atomic E-state index is 0.0334. The number of nitrogens with zero attached hydrogens (tertiary/aromatic N) is 2. The summed E-state index contributed by atoms with van der Waals surface area (Å²) < 4.78 is 13.5. The SMILES string of the molecule is NC(=O)CC1(c2ccccc2)CCN(CCC2c3ccccc3CCN2C(=O)c2ccc(F)cc2)CC1. The highest BCUT2D eigenvalue weighted by Gasteiger charge is 2.38. The number of hydrogen-bond donors (Lipinski definition) is 1. The molecule has 1 unspecified atom stereocenters. The number of rotatable bonds is 7. The van der Waals surface area contributed by atoms with Crippen LogP contribution in [0.25, 0.3) is 0 Å². The molecule has 0 aromatic heterocycles. The van der Waals surface area contributed by atoms with Gasteiger partial charge in [-0.2, -0.15) is 0 Å². The summed E-state index contributed by atoms with van der Waals surface area (Å²) >= 11 is 0. The van der Waals surface area contributed by atoms with E-state index in [2.05, 4.69) is 35.2 Å². The summed E-state index contributed by atoms with van der Waals surface area (Å²) in [6.45, 7) is 3.26. The number of nitrogens with two attached hydrogens (primary N) is 1. The van der Waals surface area contributed by atoms with E-state index in [9.17, 15) is 14.0 Å². The number of carbonyl (C=O) groups excluding carboxylic acids is 2. The van der Waals surface area contributed by atoms with Gasteiger partial charge in [0.1, 0.15) is 5.82 Å². The second-order valence-corrected chi connectivity index (χ2v) is 10.4. The predicted octanol–water partition coefficient (Wildman–Crippen LogP) is 4.86. The third-order valence-corrected chi connectivity index (χ3v) is 8.20. The lowest BCUT2D eigenvalue weighted by atomic mass is 9.70. The van der Waals surface area contributed by atoms with Gasteiger partial charge in [-0.3, -0.25) is 9.59 Å². The fourth-order valence-corrected chi connectivity index (χ4v) is 6.17. The minimum atomic E-state index is -0.342. The van der Waals surface area contributed by atoms with E-state index in [-0.39, 0.29) is 29.1 Å². The first-order valence-electron chi connectivity index (χ1n) is 13.2. The Morgan fingerprint density at radius 3 is 2.27 bits per heavy atom. The molecule has 2 N–H and O–H groups in total. The molecule has 2 aliphatic heterocycles. The van der Waals surface area contributed by atoms with Gasteiger partial charge in [0.05, 0.1) is 6.04 Å². The molecule has 5 rings (SSSR count). The van der Waals surface area contributed by atoms with E-state index < -0.39 is 0 Å². The van der Waals surface area contributed by atoms with E-state index >= 15 is 0 Å². The number of amides is 2. The Hall–Kier alpha value is -3.51. The van der Waals surface area contributed by atoms with Crippen LogP contribution >= 0.6 is 0 Å².